The minimum atomic E-state index is 0.502. The van der Waals surface area contributed by atoms with Gasteiger partial charge in [0.05, 0.1) is 11.0 Å². The molecule has 1 aliphatic rings. The molecule has 0 radical (unpaired) electrons. The van der Waals surface area contributed by atoms with Crippen LogP contribution in [-0.2, 0) is 0 Å². The average molecular weight is 340 g/mol. The van der Waals surface area contributed by atoms with Crippen LogP contribution >= 0.6 is 27.7 Å². The zero-order valence-electron chi connectivity index (χ0n) is 11.0. The number of rotatable bonds is 2. The largest absolute Gasteiger partial charge is 0.369 e. The number of nitrogen functional groups attached to an aromatic ring is 1. The normalized spacial score (nSPS) is 23.9. The minimum absolute atomic E-state index is 0.502. The summed E-state index contributed by atoms with van der Waals surface area (Å²) < 4.78 is 3.32. The lowest BCUT2D eigenvalue weighted by atomic mass is 9.94. The van der Waals surface area contributed by atoms with Crippen molar-refractivity contribution in [3.05, 3.63) is 22.7 Å². The van der Waals surface area contributed by atoms with Gasteiger partial charge in [0.15, 0.2) is 0 Å². The molecule has 2 N–H and O–H groups in total. The molecule has 102 valence electrons. The van der Waals surface area contributed by atoms with Gasteiger partial charge in [-0.3, -0.25) is 0 Å². The van der Waals surface area contributed by atoms with E-state index < -0.39 is 0 Å². The van der Waals surface area contributed by atoms with Gasteiger partial charge >= 0.3 is 0 Å². The zero-order chi connectivity index (χ0) is 13.4. The Morgan fingerprint density at radius 2 is 2.05 bits per heavy atom. The van der Waals surface area contributed by atoms with Crippen LogP contribution in [0.3, 0.4) is 0 Å². The summed E-state index contributed by atoms with van der Waals surface area (Å²) in [6, 6.07) is 6.67. The molecule has 1 heterocycles. The first-order valence-corrected chi connectivity index (χ1v) is 8.73. The Balaban J connectivity index is 1.96. The number of nitrogens with zero attached hydrogens (tertiary/aromatic N) is 2. The van der Waals surface area contributed by atoms with Crippen LogP contribution in [0.4, 0.5) is 5.95 Å². The number of benzene rings is 1. The summed E-state index contributed by atoms with van der Waals surface area (Å²) in [4.78, 5) is 4.48. The number of aromatic nitrogens is 2. The summed E-state index contributed by atoms with van der Waals surface area (Å²) in [6.45, 7) is 0. The molecule has 5 heteroatoms. The second-order valence-corrected chi connectivity index (χ2v) is 7.19. The molecule has 1 fully saturated rings. The molecule has 1 aliphatic carbocycles. The van der Waals surface area contributed by atoms with Crippen molar-refractivity contribution in [1.29, 1.82) is 0 Å². The molecule has 0 aliphatic heterocycles. The highest BCUT2D eigenvalue weighted by atomic mass is 79.9. The molecule has 3 rings (SSSR count). The number of halogens is 1. The van der Waals surface area contributed by atoms with Crippen LogP contribution in [0.2, 0.25) is 0 Å². The first kappa shape index (κ1) is 13.3. The van der Waals surface area contributed by atoms with Crippen LogP contribution in [0.5, 0.6) is 0 Å². The maximum absolute atomic E-state index is 6.13. The minimum Gasteiger partial charge on any atom is -0.369 e. The second kappa shape index (κ2) is 5.37. The number of hydrogen-bond donors (Lipinski definition) is 1. The predicted octanol–water partition coefficient (Wildman–Crippen LogP) is 4.23. The van der Waals surface area contributed by atoms with Crippen molar-refractivity contribution in [2.24, 2.45) is 0 Å². The second-order valence-electron chi connectivity index (χ2n) is 5.14. The van der Waals surface area contributed by atoms with Gasteiger partial charge in [-0.05, 0) is 50.1 Å². The molecule has 2 aromatic rings. The van der Waals surface area contributed by atoms with E-state index in [-0.39, 0.29) is 0 Å². The van der Waals surface area contributed by atoms with E-state index in [4.69, 9.17) is 5.73 Å². The Kier molecular flexibility index (Phi) is 3.76. The lowest BCUT2D eigenvalue weighted by Gasteiger charge is -2.29. The maximum Gasteiger partial charge on any atom is 0.201 e. The number of fused-ring (bicyclic) bond motifs is 1. The van der Waals surface area contributed by atoms with Crippen LogP contribution in [-0.4, -0.2) is 21.1 Å². The SMILES string of the molecule is CSC1CCC(n2c(N)nc3ccc(Br)cc32)CC1. The first-order chi connectivity index (χ1) is 9.19. The van der Waals surface area contributed by atoms with Crippen LogP contribution in [0.15, 0.2) is 22.7 Å². The van der Waals surface area contributed by atoms with Gasteiger partial charge in [-0.1, -0.05) is 15.9 Å². The van der Waals surface area contributed by atoms with Gasteiger partial charge in [-0.2, -0.15) is 11.8 Å². The van der Waals surface area contributed by atoms with E-state index in [0.29, 0.717) is 12.0 Å². The summed E-state index contributed by atoms with van der Waals surface area (Å²) >= 11 is 5.53. The monoisotopic (exact) mass is 339 g/mol. The predicted molar refractivity (Wildman–Crippen MR) is 86.7 cm³/mol. The molecular weight excluding hydrogens is 322 g/mol. The molecule has 0 saturated heterocycles. The van der Waals surface area contributed by atoms with Gasteiger partial charge in [-0.25, -0.2) is 4.98 Å². The summed E-state index contributed by atoms with van der Waals surface area (Å²) in [5.74, 6) is 0.653. The Morgan fingerprint density at radius 3 is 2.74 bits per heavy atom. The van der Waals surface area contributed by atoms with Gasteiger partial charge in [-0.15, -0.1) is 0 Å². The third-order valence-electron chi connectivity index (χ3n) is 4.02. The number of hydrogen-bond acceptors (Lipinski definition) is 3. The van der Waals surface area contributed by atoms with E-state index >= 15 is 0 Å². The topological polar surface area (TPSA) is 43.8 Å². The summed E-state index contributed by atoms with van der Waals surface area (Å²) in [7, 11) is 0. The molecule has 0 atom stereocenters. The van der Waals surface area contributed by atoms with Crippen LogP contribution in [0.1, 0.15) is 31.7 Å². The highest BCUT2D eigenvalue weighted by Crippen LogP contribution is 2.37. The third-order valence-corrected chi connectivity index (χ3v) is 5.65. The summed E-state index contributed by atoms with van der Waals surface area (Å²) in [6.07, 6.45) is 7.17. The van der Waals surface area contributed by atoms with Crippen molar-refractivity contribution < 1.29 is 0 Å². The van der Waals surface area contributed by atoms with Crippen LogP contribution in [0, 0.1) is 0 Å². The Labute approximate surface area is 126 Å². The van der Waals surface area contributed by atoms with Gasteiger partial charge in [0.1, 0.15) is 0 Å². The quantitative estimate of drug-likeness (QED) is 0.890. The van der Waals surface area contributed by atoms with Crippen molar-refractivity contribution in [3.8, 4) is 0 Å². The lowest BCUT2D eigenvalue weighted by Crippen LogP contribution is -2.20. The molecule has 0 unspecified atom stereocenters. The average Bonchev–Trinajstić information content (AvgIpc) is 2.74. The van der Waals surface area contributed by atoms with E-state index in [2.05, 4.69) is 37.8 Å². The smallest absolute Gasteiger partial charge is 0.201 e. The summed E-state index contributed by atoms with van der Waals surface area (Å²) in [5.41, 5.74) is 8.28. The van der Waals surface area contributed by atoms with Gasteiger partial charge < -0.3 is 10.3 Å². The highest BCUT2D eigenvalue weighted by molar-refractivity contribution is 9.10. The Morgan fingerprint density at radius 1 is 1.32 bits per heavy atom. The fraction of sp³-hybridized carbons (Fsp3) is 0.500. The Bertz CT molecular complexity index is 588. The molecular formula is C14H18BrN3S. The molecule has 1 aromatic heterocycles. The first-order valence-electron chi connectivity index (χ1n) is 6.65. The lowest BCUT2D eigenvalue weighted by molar-refractivity contribution is 0.370. The standard InChI is InChI=1S/C14H18BrN3S/c1-19-11-5-3-10(4-6-11)18-13-8-9(15)2-7-12(13)17-14(18)16/h2,7-8,10-11H,3-6H2,1H3,(H2,16,17). The molecule has 1 saturated carbocycles. The number of nitrogens with two attached hydrogens (primary N) is 1. The number of thioether (sulfide) groups is 1. The molecule has 1 aromatic carbocycles. The van der Waals surface area contributed by atoms with E-state index in [1.165, 1.54) is 25.7 Å². The van der Waals surface area contributed by atoms with Gasteiger partial charge in [0, 0.05) is 15.8 Å². The molecule has 0 bridgehead atoms. The highest BCUT2D eigenvalue weighted by Gasteiger charge is 2.24. The molecule has 19 heavy (non-hydrogen) atoms. The Hall–Kier alpha value is -0.680. The van der Waals surface area contributed by atoms with E-state index in [0.717, 1.165) is 20.8 Å². The van der Waals surface area contributed by atoms with E-state index in [9.17, 15) is 0 Å². The third kappa shape index (κ3) is 2.50. The molecule has 0 amide bonds. The molecule has 0 spiro atoms. The van der Waals surface area contributed by atoms with Crippen LogP contribution in [0.25, 0.3) is 11.0 Å². The number of imidazole rings is 1. The maximum atomic E-state index is 6.13. The van der Waals surface area contributed by atoms with E-state index in [1.54, 1.807) is 0 Å². The van der Waals surface area contributed by atoms with E-state index in [1.807, 2.05) is 23.9 Å². The van der Waals surface area contributed by atoms with Crippen molar-refractivity contribution in [3.63, 3.8) is 0 Å². The zero-order valence-corrected chi connectivity index (χ0v) is 13.4. The fourth-order valence-corrected chi connectivity index (χ4v) is 4.10. The van der Waals surface area contributed by atoms with Crippen molar-refractivity contribution in [2.45, 2.75) is 37.0 Å². The van der Waals surface area contributed by atoms with Gasteiger partial charge in [0.2, 0.25) is 5.95 Å². The van der Waals surface area contributed by atoms with Crippen molar-refractivity contribution >= 4 is 44.7 Å². The number of anilines is 1. The van der Waals surface area contributed by atoms with Crippen molar-refractivity contribution in [1.82, 2.24) is 9.55 Å². The van der Waals surface area contributed by atoms with Crippen LogP contribution < -0.4 is 5.73 Å². The summed E-state index contributed by atoms with van der Waals surface area (Å²) in [5, 5.41) is 0.819. The molecule has 3 nitrogen and oxygen atoms in total. The fourth-order valence-electron chi connectivity index (χ4n) is 3.01. The van der Waals surface area contributed by atoms with Crippen molar-refractivity contribution in [2.75, 3.05) is 12.0 Å². The van der Waals surface area contributed by atoms with Gasteiger partial charge in [0.25, 0.3) is 0 Å².